The van der Waals surface area contributed by atoms with Crippen LogP contribution in [0.3, 0.4) is 0 Å². The fourth-order valence-electron chi connectivity index (χ4n) is 2.69. The Balaban J connectivity index is 1.74. The molecule has 0 amide bonds. The summed E-state index contributed by atoms with van der Waals surface area (Å²) in [6, 6.07) is 5.77. The molecule has 0 radical (unpaired) electrons. The molecule has 2 heterocycles. The van der Waals surface area contributed by atoms with Crippen molar-refractivity contribution in [1.82, 2.24) is 14.5 Å². The summed E-state index contributed by atoms with van der Waals surface area (Å²) in [6.45, 7) is 7.18. The van der Waals surface area contributed by atoms with Crippen molar-refractivity contribution in [3.63, 3.8) is 0 Å². The number of hydrogen-bond acceptors (Lipinski definition) is 5. The van der Waals surface area contributed by atoms with Crippen molar-refractivity contribution in [1.29, 1.82) is 0 Å². The van der Waals surface area contributed by atoms with E-state index in [0.717, 1.165) is 50.5 Å². The number of ether oxygens (including phenoxy) is 1. The lowest BCUT2D eigenvalue weighted by molar-refractivity contribution is 0.0398. The van der Waals surface area contributed by atoms with Gasteiger partial charge in [0, 0.05) is 33.2 Å². The van der Waals surface area contributed by atoms with Crippen molar-refractivity contribution in [3.05, 3.63) is 34.1 Å². The standard InChI is InChI=1S/C16H22N4O2/c1-12-3-4-14-13(11-12)15(21)19(2)16(18-14)17-5-6-20-7-9-22-10-8-20/h3-4,11H,5-10H2,1-2H3,(H,17,18). The van der Waals surface area contributed by atoms with Gasteiger partial charge >= 0.3 is 0 Å². The van der Waals surface area contributed by atoms with E-state index in [1.807, 2.05) is 25.1 Å². The van der Waals surface area contributed by atoms with E-state index in [2.05, 4.69) is 15.2 Å². The summed E-state index contributed by atoms with van der Waals surface area (Å²) < 4.78 is 6.92. The van der Waals surface area contributed by atoms with Crippen LogP contribution < -0.4 is 10.9 Å². The predicted molar refractivity (Wildman–Crippen MR) is 87.5 cm³/mol. The quantitative estimate of drug-likeness (QED) is 0.912. The minimum atomic E-state index is -0.0115. The van der Waals surface area contributed by atoms with Crippen LogP contribution in [0.2, 0.25) is 0 Å². The van der Waals surface area contributed by atoms with E-state index < -0.39 is 0 Å². The molecule has 0 aliphatic carbocycles. The summed E-state index contributed by atoms with van der Waals surface area (Å²) in [5, 5.41) is 3.94. The lowest BCUT2D eigenvalue weighted by Crippen LogP contribution is -2.39. The Hall–Kier alpha value is -1.92. The third-order valence-corrected chi connectivity index (χ3v) is 4.05. The number of rotatable bonds is 4. The summed E-state index contributed by atoms with van der Waals surface area (Å²) in [5.74, 6) is 0.620. The number of aromatic nitrogens is 2. The highest BCUT2D eigenvalue weighted by Gasteiger charge is 2.11. The molecular formula is C16H22N4O2. The molecule has 1 aliphatic heterocycles. The molecule has 0 bridgehead atoms. The minimum absolute atomic E-state index is 0.0115. The molecule has 1 aromatic carbocycles. The van der Waals surface area contributed by atoms with Gasteiger partial charge in [0.25, 0.3) is 5.56 Å². The van der Waals surface area contributed by atoms with Crippen LogP contribution in [0.1, 0.15) is 5.56 Å². The molecular weight excluding hydrogens is 280 g/mol. The molecule has 22 heavy (non-hydrogen) atoms. The van der Waals surface area contributed by atoms with Crippen molar-refractivity contribution >= 4 is 16.9 Å². The second kappa shape index (κ2) is 6.46. The maximum Gasteiger partial charge on any atom is 0.262 e. The zero-order valence-electron chi connectivity index (χ0n) is 13.1. The Bertz CT molecular complexity index is 720. The maximum atomic E-state index is 12.4. The zero-order chi connectivity index (χ0) is 15.5. The van der Waals surface area contributed by atoms with Gasteiger partial charge in [0.05, 0.1) is 24.1 Å². The van der Waals surface area contributed by atoms with E-state index in [1.54, 1.807) is 11.6 Å². The van der Waals surface area contributed by atoms with Gasteiger partial charge in [-0.05, 0) is 19.1 Å². The molecule has 3 rings (SSSR count). The molecule has 0 spiro atoms. The van der Waals surface area contributed by atoms with Gasteiger partial charge in [-0.15, -0.1) is 0 Å². The third kappa shape index (κ3) is 3.13. The third-order valence-electron chi connectivity index (χ3n) is 4.05. The van der Waals surface area contributed by atoms with Crippen LogP contribution in [0.15, 0.2) is 23.0 Å². The largest absolute Gasteiger partial charge is 0.379 e. The normalized spacial score (nSPS) is 16.1. The number of nitrogens with zero attached hydrogens (tertiary/aromatic N) is 3. The second-order valence-electron chi connectivity index (χ2n) is 5.70. The number of aryl methyl sites for hydroxylation is 1. The van der Waals surface area contributed by atoms with Crippen molar-refractivity contribution in [2.24, 2.45) is 7.05 Å². The highest BCUT2D eigenvalue weighted by Crippen LogP contribution is 2.12. The van der Waals surface area contributed by atoms with E-state index in [0.29, 0.717) is 11.3 Å². The van der Waals surface area contributed by atoms with Crippen LogP contribution in [0.4, 0.5) is 5.95 Å². The van der Waals surface area contributed by atoms with Crippen LogP contribution in [0.25, 0.3) is 10.9 Å². The van der Waals surface area contributed by atoms with Gasteiger partial charge in [-0.2, -0.15) is 0 Å². The summed E-state index contributed by atoms with van der Waals surface area (Å²) in [7, 11) is 1.76. The Morgan fingerprint density at radius 1 is 1.32 bits per heavy atom. The average Bonchev–Trinajstić information content (AvgIpc) is 2.54. The van der Waals surface area contributed by atoms with Crippen LogP contribution in [0.5, 0.6) is 0 Å². The first-order valence-electron chi connectivity index (χ1n) is 7.66. The van der Waals surface area contributed by atoms with Crippen LogP contribution in [-0.2, 0) is 11.8 Å². The molecule has 6 heteroatoms. The Morgan fingerprint density at radius 3 is 2.86 bits per heavy atom. The number of anilines is 1. The Morgan fingerprint density at radius 2 is 2.09 bits per heavy atom. The van der Waals surface area contributed by atoms with Gasteiger partial charge in [-0.25, -0.2) is 4.98 Å². The van der Waals surface area contributed by atoms with Crippen molar-refractivity contribution in [2.45, 2.75) is 6.92 Å². The van der Waals surface area contributed by atoms with Gasteiger partial charge in [0.1, 0.15) is 0 Å². The highest BCUT2D eigenvalue weighted by molar-refractivity contribution is 5.79. The monoisotopic (exact) mass is 302 g/mol. The minimum Gasteiger partial charge on any atom is -0.379 e. The van der Waals surface area contributed by atoms with Gasteiger partial charge in [0.15, 0.2) is 0 Å². The number of benzene rings is 1. The SMILES string of the molecule is Cc1ccc2nc(NCCN3CCOCC3)n(C)c(=O)c2c1. The van der Waals surface area contributed by atoms with Crippen molar-refractivity contribution in [2.75, 3.05) is 44.7 Å². The molecule has 1 aromatic heterocycles. The average molecular weight is 302 g/mol. The highest BCUT2D eigenvalue weighted by atomic mass is 16.5. The van der Waals surface area contributed by atoms with E-state index in [4.69, 9.17) is 4.74 Å². The lowest BCUT2D eigenvalue weighted by atomic mass is 10.2. The first kappa shape index (κ1) is 15.0. The smallest absolute Gasteiger partial charge is 0.262 e. The topological polar surface area (TPSA) is 59.4 Å². The molecule has 1 fully saturated rings. The molecule has 118 valence electrons. The number of hydrogen-bond donors (Lipinski definition) is 1. The first-order chi connectivity index (χ1) is 10.6. The number of morpholine rings is 1. The molecule has 6 nitrogen and oxygen atoms in total. The maximum absolute atomic E-state index is 12.4. The molecule has 0 unspecified atom stereocenters. The molecule has 1 N–H and O–H groups in total. The fraction of sp³-hybridized carbons (Fsp3) is 0.500. The Labute approximate surface area is 129 Å². The molecule has 2 aromatic rings. The van der Waals surface area contributed by atoms with Crippen LogP contribution in [0, 0.1) is 6.92 Å². The van der Waals surface area contributed by atoms with Gasteiger partial charge in [0.2, 0.25) is 5.95 Å². The molecule has 0 saturated carbocycles. The van der Waals surface area contributed by atoms with E-state index in [-0.39, 0.29) is 5.56 Å². The second-order valence-corrected chi connectivity index (χ2v) is 5.70. The van der Waals surface area contributed by atoms with Crippen molar-refractivity contribution < 1.29 is 4.74 Å². The van der Waals surface area contributed by atoms with E-state index in [9.17, 15) is 4.79 Å². The van der Waals surface area contributed by atoms with Gasteiger partial charge < -0.3 is 10.1 Å². The number of fused-ring (bicyclic) bond motifs is 1. The van der Waals surface area contributed by atoms with E-state index in [1.165, 1.54) is 0 Å². The van der Waals surface area contributed by atoms with Gasteiger partial charge in [-0.3, -0.25) is 14.3 Å². The van der Waals surface area contributed by atoms with E-state index >= 15 is 0 Å². The summed E-state index contributed by atoms with van der Waals surface area (Å²) in [5.41, 5.74) is 1.80. The zero-order valence-corrected chi connectivity index (χ0v) is 13.1. The Kier molecular flexibility index (Phi) is 4.40. The molecule has 0 atom stereocenters. The fourth-order valence-corrected chi connectivity index (χ4v) is 2.69. The predicted octanol–water partition coefficient (Wildman–Crippen LogP) is 0.986. The molecule has 1 aliphatic rings. The van der Waals surface area contributed by atoms with Crippen LogP contribution >= 0.6 is 0 Å². The number of nitrogens with one attached hydrogen (secondary N) is 1. The lowest BCUT2D eigenvalue weighted by Gasteiger charge is -2.26. The van der Waals surface area contributed by atoms with Crippen molar-refractivity contribution in [3.8, 4) is 0 Å². The van der Waals surface area contributed by atoms with Gasteiger partial charge in [-0.1, -0.05) is 11.6 Å². The molecule has 1 saturated heterocycles. The summed E-state index contributed by atoms with van der Waals surface area (Å²) >= 11 is 0. The van der Waals surface area contributed by atoms with Crippen LogP contribution in [-0.4, -0.2) is 53.8 Å². The first-order valence-corrected chi connectivity index (χ1v) is 7.66. The summed E-state index contributed by atoms with van der Waals surface area (Å²) in [4.78, 5) is 19.3. The summed E-state index contributed by atoms with van der Waals surface area (Å²) in [6.07, 6.45) is 0.